The fourth-order valence-electron chi connectivity index (χ4n) is 3.11. The van der Waals surface area contributed by atoms with E-state index in [4.69, 9.17) is 0 Å². The molecule has 172 valence electrons. The maximum Gasteiger partial charge on any atom is 0.417 e. The fraction of sp³-hybridized carbons (Fsp3) is 0.263. The van der Waals surface area contributed by atoms with Crippen LogP contribution in [0.1, 0.15) is 28.5 Å². The molecule has 0 unspecified atom stereocenters. The standard InChI is InChI=1S/C19H15F6N3O3S/c1-3-32(30,31)16-12-8-10(18(20,21)22)4-6-13(12)28(2)15(16)17(29)27-14-7-5-11(9-26-14)19(23,24)25/h4-9H,3H2,1-2H3,(H,26,27,29). The van der Waals surface area contributed by atoms with Crippen LogP contribution in [0.5, 0.6) is 0 Å². The third-order valence-corrected chi connectivity index (χ3v) is 6.51. The largest absolute Gasteiger partial charge is 0.417 e. The second kappa shape index (κ2) is 7.80. The van der Waals surface area contributed by atoms with Gasteiger partial charge in [0.25, 0.3) is 5.91 Å². The number of hydrogen-bond acceptors (Lipinski definition) is 4. The summed E-state index contributed by atoms with van der Waals surface area (Å²) in [6.07, 6.45) is -8.91. The predicted octanol–water partition coefficient (Wildman–Crippen LogP) is 4.66. The van der Waals surface area contributed by atoms with Crippen molar-refractivity contribution < 1.29 is 39.6 Å². The normalized spacial score (nSPS) is 12.9. The van der Waals surface area contributed by atoms with Gasteiger partial charge >= 0.3 is 12.4 Å². The molecule has 1 amide bonds. The van der Waals surface area contributed by atoms with Crippen molar-refractivity contribution in [2.45, 2.75) is 24.2 Å². The molecule has 6 nitrogen and oxygen atoms in total. The predicted molar refractivity (Wildman–Crippen MR) is 103 cm³/mol. The summed E-state index contributed by atoms with van der Waals surface area (Å²) in [5, 5.41) is 1.90. The van der Waals surface area contributed by atoms with Crippen LogP contribution >= 0.6 is 0 Å². The van der Waals surface area contributed by atoms with Crippen LogP contribution in [0.2, 0.25) is 0 Å². The third kappa shape index (κ3) is 4.29. The lowest BCUT2D eigenvalue weighted by Gasteiger charge is -2.10. The second-order valence-corrected chi connectivity index (χ2v) is 8.97. The van der Waals surface area contributed by atoms with Gasteiger partial charge in [-0.25, -0.2) is 13.4 Å². The van der Waals surface area contributed by atoms with Crippen LogP contribution < -0.4 is 5.32 Å². The molecule has 1 aromatic carbocycles. The number of fused-ring (bicyclic) bond motifs is 1. The molecule has 0 aliphatic carbocycles. The number of aryl methyl sites for hydroxylation is 1. The lowest BCUT2D eigenvalue weighted by molar-refractivity contribution is -0.138. The number of pyridine rings is 1. The van der Waals surface area contributed by atoms with Gasteiger partial charge < -0.3 is 9.88 Å². The molecule has 0 aliphatic heterocycles. The maximum absolute atomic E-state index is 13.2. The fourth-order valence-corrected chi connectivity index (χ4v) is 4.42. The van der Waals surface area contributed by atoms with E-state index in [0.717, 1.165) is 22.8 Å². The summed E-state index contributed by atoms with van der Waals surface area (Å²) in [6.45, 7) is 1.26. The molecule has 1 N–H and O–H groups in total. The Hall–Kier alpha value is -3.09. The van der Waals surface area contributed by atoms with Gasteiger partial charge in [0.05, 0.1) is 16.9 Å². The Morgan fingerprint density at radius 3 is 2.12 bits per heavy atom. The van der Waals surface area contributed by atoms with Gasteiger partial charge in [0, 0.05) is 24.1 Å². The van der Waals surface area contributed by atoms with Crippen LogP contribution in [0.15, 0.2) is 41.4 Å². The number of anilines is 1. The number of carbonyl (C=O) groups excluding carboxylic acids is 1. The second-order valence-electron chi connectivity index (χ2n) is 6.75. The van der Waals surface area contributed by atoms with Crippen LogP contribution in [0, 0.1) is 0 Å². The van der Waals surface area contributed by atoms with Crippen molar-refractivity contribution in [2.75, 3.05) is 11.1 Å². The molecule has 0 radical (unpaired) electrons. The molecular weight excluding hydrogens is 464 g/mol. The molecule has 0 saturated carbocycles. The highest BCUT2D eigenvalue weighted by Crippen LogP contribution is 2.36. The van der Waals surface area contributed by atoms with Gasteiger partial charge in [-0.05, 0) is 30.3 Å². The zero-order chi connectivity index (χ0) is 24.1. The van der Waals surface area contributed by atoms with Crippen molar-refractivity contribution >= 4 is 32.5 Å². The Morgan fingerprint density at radius 2 is 1.62 bits per heavy atom. The topological polar surface area (TPSA) is 81.1 Å². The van der Waals surface area contributed by atoms with E-state index in [1.807, 2.05) is 0 Å². The smallest absolute Gasteiger partial charge is 0.339 e. The molecule has 0 atom stereocenters. The molecule has 0 spiro atoms. The van der Waals surface area contributed by atoms with Gasteiger partial charge in [0.1, 0.15) is 16.4 Å². The highest BCUT2D eigenvalue weighted by molar-refractivity contribution is 7.91. The summed E-state index contributed by atoms with van der Waals surface area (Å²) >= 11 is 0. The monoisotopic (exact) mass is 479 g/mol. The maximum atomic E-state index is 13.2. The number of halogens is 6. The van der Waals surface area contributed by atoms with E-state index < -0.39 is 55.6 Å². The molecule has 13 heteroatoms. The van der Waals surface area contributed by atoms with Gasteiger partial charge in [-0.1, -0.05) is 6.92 Å². The van der Waals surface area contributed by atoms with Gasteiger partial charge in [0.15, 0.2) is 9.84 Å². The number of carbonyl (C=O) groups is 1. The van der Waals surface area contributed by atoms with Crippen molar-refractivity contribution in [1.29, 1.82) is 0 Å². The first-order chi connectivity index (χ1) is 14.7. The SMILES string of the molecule is CCS(=O)(=O)c1c(C(=O)Nc2ccc(C(F)(F)F)cn2)n(C)c2ccc(C(F)(F)F)cc12. The van der Waals surface area contributed by atoms with E-state index in [1.165, 1.54) is 14.0 Å². The Kier molecular flexibility index (Phi) is 5.74. The van der Waals surface area contributed by atoms with E-state index in [2.05, 4.69) is 10.3 Å². The first-order valence-electron chi connectivity index (χ1n) is 8.93. The number of rotatable bonds is 4. The van der Waals surface area contributed by atoms with Crippen molar-refractivity contribution in [3.05, 3.63) is 53.3 Å². The van der Waals surface area contributed by atoms with Crippen LogP contribution in [0.25, 0.3) is 10.9 Å². The molecule has 0 aliphatic rings. The minimum atomic E-state index is -4.75. The van der Waals surface area contributed by atoms with Gasteiger partial charge in [-0.3, -0.25) is 4.79 Å². The number of benzene rings is 1. The van der Waals surface area contributed by atoms with Crippen molar-refractivity contribution in [3.63, 3.8) is 0 Å². The Bertz CT molecular complexity index is 1290. The number of alkyl halides is 6. The first kappa shape index (κ1) is 23.6. The third-order valence-electron chi connectivity index (χ3n) is 4.72. The van der Waals surface area contributed by atoms with E-state index in [1.54, 1.807) is 0 Å². The number of amides is 1. The molecule has 2 aromatic heterocycles. The Labute approximate surface area is 177 Å². The molecule has 0 fully saturated rings. The number of aromatic nitrogens is 2. The number of sulfone groups is 1. The molecular formula is C19H15F6N3O3S. The molecule has 3 rings (SSSR count). The quantitative estimate of drug-likeness (QED) is 0.552. The van der Waals surface area contributed by atoms with Gasteiger partial charge in [-0.15, -0.1) is 0 Å². The zero-order valence-electron chi connectivity index (χ0n) is 16.5. The zero-order valence-corrected chi connectivity index (χ0v) is 17.3. The van der Waals surface area contributed by atoms with E-state index in [9.17, 15) is 39.6 Å². The molecule has 3 aromatic rings. The van der Waals surface area contributed by atoms with Crippen LogP contribution in [0.3, 0.4) is 0 Å². The van der Waals surface area contributed by atoms with Crippen molar-refractivity contribution in [3.8, 4) is 0 Å². The Balaban J connectivity index is 2.15. The lowest BCUT2D eigenvalue weighted by atomic mass is 10.1. The minimum absolute atomic E-state index is 0.0514. The van der Waals surface area contributed by atoms with Crippen LogP contribution in [-0.2, 0) is 29.2 Å². The minimum Gasteiger partial charge on any atom is -0.339 e. The molecule has 0 saturated heterocycles. The molecule has 32 heavy (non-hydrogen) atoms. The first-order valence-corrected chi connectivity index (χ1v) is 10.6. The van der Waals surface area contributed by atoms with E-state index in [-0.39, 0.29) is 16.7 Å². The summed E-state index contributed by atoms with van der Waals surface area (Å²) in [6, 6.07) is 3.98. The van der Waals surface area contributed by atoms with E-state index in [0.29, 0.717) is 18.3 Å². The summed E-state index contributed by atoms with van der Waals surface area (Å²) in [4.78, 5) is 15.8. The summed E-state index contributed by atoms with van der Waals surface area (Å²) in [5.74, 6) is -1.86. The summed E-state index contributed by atoms with van der Waals surface area (Å²) in [5.41, 5.74) is -2.58. The molecule has 0 bridgehead atoms. The summed E-state index contributed by atoms with van der Waals surface area (Å²) in [7, 11) is -2.89. The molecule has 2 heterocycles. The Morgan fingerprint density at radius 1 is 1.03 bits per heavy atom. The van der Waals surface area contributed by atoms with Crippen LogP contribution in [0.4, 0.5) is 32.2 Å². The number of nitrogens with one attached hydrogen (secondary N) is 1. The highest BCUT2D eigenvalue weighted by Gasteiger charge is 2.35. The van der Waals surface area contributed by atoms with Gasteiger partial charge in [0.2, 0.25) is 0 Å². The average Bonchev–Trinajstić information content (AvgIpc) is 3.00. The van der Waals surface area contributed by atoms with E-state index >= 15 is 0 Å². The number of nitrogens with zero attached hydrogens (tertiary/aromatic N) is 2. The lowest BCUT2D eigenvalue weighted by Crippen LogP contribution is -2.20. The van der Waals surface area contributed by atoms with Gasteiger partial charge in [-0.2, -0.15) is 26.3 Å². The average molecular weight is 479 g/mol. The van der Waals surface area contributed by atoms with Crippen LogP contribution in [-0.4, -0.2) is 29.6 Å². The van der Waals surface area contributed by atoms with Crippen molar-refractivity contribution in [1.82, 2.24) is 9.55 Å². The highest BCUT2D eigenvalue weighted by atomic mass is 32.2. The number of hydrogen-bond donors (Lipinski definition) is 1. The summed E-state index contributed by atoms with van der Waals surface area (Å²) < 4.78 is 104. The van der Waals surface area contributed by atoms with Crippen molar-refractivity contribution in [2.24, 2.45) is 7.05 Å².